The molecule has 1 aliphatic carbocycles. The lowest BCUT2D eigenvalue weighted by molar-refractivity contribution is -0.0511. The number of benzene rings is 1. The first-order valence-corrected chi connectivity index (χ1v) is 7.13. The van der Waals surface area contributed by atoms with E-state index in [0.717, 1.165) is 30.9 Å². The van der Waals surface area contributed by atoms with E-state index in [4.69, 9.17) is 4.74 Å². The van der Waals surface area contributed by atoms with Crippen molar-refractivity contribution in [2.45, 2.75) is 52.7 Å². The van der Waals surface area contributed by atoms with Crippen LogP contribution in [0.2, 0.25) is 0 Å². The number of aryl methyl sites for hydroxylation is 1. The van der Waals surface area contributed by atoms with Gasteiger partial charge in [-0.2, -0.15) is 0 Å². The summed E-state index contributed by atoms with van der Waals surface area (Å²) in [5.74, 6) is 0.916. The summed E-state index contributed by atoms with van der Waals surface area (Å²) in [4.78, 5) is 0. The van der Waals surface area contributed by atoms with Crippen molar-refractivity contribution in [3.05, 3.63) is 23.8 Å². The highest BCUT2D eigenvalue weighted by atomic mass is 16.5. The van der Waals surface area contributed by atoms with Crippen molar-refractivity contribution in [2.75, 3.05) is 11.9 Å². The van der Waals surface area contributed by atoms with E-state index in [-0.39, 0.29) is 11.5 Å². The maximum atomic E-state index is 9.81. The summed E-state index contributed by atoms with van der Waals surface area (Å²) in [6.07, 6.45) is 1.59. The zero-order valence-corrected chi connectivity index (χ0v) is 12.4. The molecule has 19 heavy (non-hydrogen) atoms. The van der Waals surface area contributed by atoms with E-state index in [0.29, 0.717) is 6.04 Å². The second-order valence-electron chi connectivity index (χ2n) is 6.12. The van der Waals surface area contributed by atoms with Crippen LogP contribution in [0.1, 0.15) is 39.2 Å². The van der Waals surface area contributed by atoms with E-state index in [9.17, 15) is 5.11 Å². The minimum Gasteiger partial charge on any atom is -0.491 e. The van der Waals surface area contributed by atoms with Gasteiger partial charge in [0.05, 0.1) is 18.4 Å². The van der Waals surface area contributed by atoms with Crippen molar-refractivity contribution < 1.29 is 9.84 Å². The maximum absolute atomic E-state index is 9.81. The number of nitrogens with one attached hydrogen (secondary N) is 1. The third-order valence-corrected chi connectivity index (χ3v) is 4.14. The van der Waals surface area contributed by atoms with E-state index in [1.54, 1.807) is 0 Å². The van der Waals surface area contributed by atoms with Crippen molar-refractivity contribution in [1.29, 1.82) is 0 Å². The molecule has 106 valence electrons. The monoisotopic (exact) mass is 263 g/mol. The molecule has 0 amide bonds. The summed E-state index contributed by atoms with van der Waals surface area (Å²) in [5.41, 5.74) is 2.15. The van der Waals surface area contributed by atoms with Crippen molar-refractivity contribution in [3.63, 3.8) is 0 Å². The molecule has 2 rings (SSSR count). The van der Waals surface area contributed by atoms with E-state index in [1.165, 1.54) is 5.56 Å². The van der Waals surface area contributed by atoms with Crippen LogP contribution in [0.5, 0.6) is 5.75 Å². The fourth-order valence-electron chi connectivity index (χ4n) is 2.42. The molecule has 1 aromatic carbocycles. The first-order valence-electron chi connectivity index (χ1n) is 7.13. The Hall–Kier alpha value is -1.22. The van der Waals surface area contributed by atoms with Gasteiger partial charge in [0, 0.05) is 11.5 Å². The van der Waals surface area contributed by atoms with Gasteiger partial charge in [-0.15, -0.1) is 0 Å². The largest absolute Gasteiger partial charge is 0.491 e. The van der Waals surface area contributed by atoms with Gasteiger partial charge in [-0.3, -0.25) is 0 Å². The number of anilines is 1. The number of ether oxygens (including phenoxy) is 1. The van der Waals surface area contributed by atoms with Crippen LogP contribution in [0.25, 0.3) is 0 Å². The lowest BCUT2D eigenvalue weighted by Gasteiger charge is -2.50. The summed E-state index contributed by atoms with van der Waals surface area (Å²) in [5, 5.41) is 13.3. The predicted molar refractivity (Wildman–Crippen MR) is 78.8 cm³/mol. The average molecular weight is 263 g/mol. The van der Waals surface area contributed by atoms with Gasteiger partial charge in [-0.25, -0.2) is 0 Å². The molecule has 1 saturated carbocycles. The standard InChI is InChI=1S/C16H25NO2/c1-5-8-19-13-9-11(2)6-7-12(13)17-14-10-15(18)16(14,3)4/h6-7,9,14-15,17-18H,5,8,10H2,1-4H3. The highest BCUT2D eigenvalue weighted by Crippen LogP contribution is 2.43. The van der Waals surface area contributed by atoms with Gasteiger partial charge < -0.3 is 15.2 Å². The quantitative estimate of drug-likeness (QED) is 0.856. The van der Waals surface area contributed by atoms with E-state index in [1.807, 2.05) is 0 Å². The van der Waals surface area contributed by atoms with Gasteiger partial charge in [0.1, 0.15) is 5.75 Å². The summed E-state index contributed by atoms with van der Waals surface area (Å²) in [6, 6.07) is 6.53. The lowest BCUT2D eigenvalue weighted by atomic mass is 9.64. The van der Waals surface area contributed by atoms with Crippen LogP contribution in [-0.2, 0) is 0 Å². The Kier molecular flexibility index (Phi) is 4.04. The molecule has 3 heteroatoms. The third kappa shape index (κ3) is 2.86. The molecule has 0 aromatic heterocycles. The Bertz CT molecular complexity index is 442. The fraction of sp³-hybridized carbons (Fsp3) is 0.625. The second-order valence-corrected chi connectivity index (χ2v) is 6.12. The van der Waals surface area contributed by atoms with E-state index in [2.05, 4.69) is 51.2 Å². The molecule has 0 radical (unpaired) electrons. The molecule has 0 spiro atoms. The van der Waals surface area contributed by atoms with Crippen LogP contribution in [-0.4, -0.2) is 23.9 Å². The average Bonchev–Trinajstić information content (AvgIpc) is 2.38. The second kappa shape index (κ2) is 5.41. The van der Waals surface area contributed by atoms with Gasteiger partial charge >= 0.3 is 0 Å². The van der Waals surface area contributed by atoms with Crippen LogP contribution in [0.3, 0.4) is 0 Å². The lowest BCUT2D eigenvalue weighted by Crippen LogP contribution is -2.56. The number of aliphatic hydroxyl groups is 1. The van der Waals surface area contributed by atoms with Crippen molar-refractivity contribution in [1.82, 2.24) is 0 Å². The van der Waals surface area contributed by atoms with Crippen LogP contribution in [0, 0.1) is 12.3 Å². The molecular formula is C16H25NO2. The smallest absolute Gasteiger partial charge is 0.142 e. The molecule has 0 bridgehead atoms. The fourth-order valence-corrected chi connectivity index (χ4v) is 2.42. The van der Waals surface area contributed by atoms with Crippen LogP contribution in [0.4, 0.5) is 5.69 Å². The van der Waals surface area contributed by atoms with Crippen molar-refractivity contribution in [2.24, 2.45) is 5.41 Å². The molecule has 2 atom stereocenters. The summed E-state index contributed by atoms with van der Waals surface area (Å²) < 4.78 is 5.81. The Morgan fingerprint density at radius 2 is 2.16 bits per heavy atom. The number of hydrogen-bond donors (Lipinski definition) is 2. The molecule has 1 aliphatic rings. The maximum Gasteiger partial charge on any atom is 0.142 e. The van der Waals surface area contributed by atoms with E-state index < -0.39 is 0 Å². The molecule has 1 fully saturated rings. The molecule has 0 saturated heterocycles. The van der Waals surface area contributed by atoms with Gasteiger partial charge in [0.25, 0.3) is 0 Å². The predicted octanol–water partition coefficient (Wildman–Crippen LogP) is 3.36. The Morgan fingerprint density at radius 1 is 1.42 bits per heavy atom. The highest BCUT2D eigenvalue weighted by Gasteiger charge is 2.47. The normalized spacial score (nSPS) is 24.7. The number of hydrogen-bond acceptors (Lipinski definition) is 3. The Morgan fingerprint density at radius 3 is 2.74 bits per heavy atom. The summed E-state index contributed by atoms with van der Waals surface area (Å²) >= 11 is 0. The van der Waals surface area contributed by atoms with Crippen LogP contribution in [0.15, 0.2) is 18.2 Å². The molecule has 2 unspecified atom stereocenters. The molecule has 0 aliphatic heterocycles. The summed E-state index contributed by atoms with van der Waals surface area (Å²) in [7, 11) is 0. The first kappa shape index (κ1) is 14.2. The number of rotatable bonds is 5. The van der Waals surface area contributed by atoms with Gasteiger partial charge in [-0.1, -0.05) is 26.8 Å². The molecule has 2 N–H and O–H groups in total. The van der Waals surface area contributed by atoms with Crippen molar-refractivity contribution >= 4 is 5.69 Å². The van der Waals surface area contributed by atoms with Gasteiger partial charge in [-0.05, 0) is 37.5 Å². The molecule has 0 heterocycles. The topological polar surface area (TPSA) is 41.5 Å². The number of aliphatic hydroxyl groups excluding tert-OH is 1. The van der Waals surface area contributed by atoms with Gasteiger partial charge in [0.15, 0.2) is 0 Å². The highest BCUT2D eigenvalue weighted by molar-refractivity contribution is 5.59. The van der Waals surface area contributed by atoms with E-state index >= 15 is 0 Å². The van der Waals surface area contributed by atoms with Crippen LogP contribution < -0.4 is 10.1 Å². The molecular weight excluding hydrogens is 238 g/mol. The zero-order chi connectivity index (χ0) is 14.0. The molecule has 1 aromatic rings. The third-order valence-electron chi connectivity index (χ3n) is 4.14. The molecule has 3 nitrogen and oxygen atoms in total. The zero-order valence-electron chi connectivity index (χ0n) is 12.4. The van der Waals surface area contributed by atoms with Crippen molar-refractivity contribution in [3.8, 4) is 5.75 Å². The van der Waals surface area contributed by atoms with Gasteiger partial charge in [0.2, 0.25) is 0 Å². The Balaban J connectivity index is 2.11. The minimum atomic E-state index is -0.213. The Labute approximate surface area is 116 Å². The van der Waals surface area contributed by atoms with Crippen LogP contribution >= 0.6 is 0 Å². The first-order chi connectivity index (χ1) is 8.95. The minimum absolute atomic E-state index is 0.0765. The SMILES string of the molecule is CCCOc1cc(C)ccc1NC1CC(O)C1(C)C. The summed E-state index contributed by atoms with van der Waals surface area (Å²) in [6.45, 7) is 9.10.